The van der Waals surface area contributed by atoms with Crippen molar-refractivity contribution in [3.05, 3.63) is 67.4 Å². The Morgan fingerprint density at radius 3 is 2.43 bits per heavy atom. The molecule has 0 aliphatic heterocycles. The van der Waals surface area contributed by atoms with Crippen LogP contribution in [0.1, 0.15) is 0 Å². The predicted octanol–water partition coefficient (Wildman–Crippen LogP) is 2.05. The van der Waals surface area contributed by atoms with Gasteiger partial charge in [0.2, 0.25) is 0 Å². The molecule has 0 aliphatic carbocycles. The fourth-order valence-corrected chi connectivity index (χ4v) is 2.10. The Kier molecular flexibility index (Phi) is 3.12. The van der Waals surface area contributed by atoms with Crippen molar-refractivity contribution in [1.82, 2.24) is 34.5 Å². The standard InChI is InChI=1S/C15H10FN7/c16-11-1-3-12(4-2-11)22-6-5-13(21-22)14-7-19-15(8-18-14)23-10-17-9-20-23/h1-10H. The molecular weight excluding hydrogens is 297 g/mol. The summed E-state index contributed by atoms with van der Waals surface area (Å²) in [5.41, 5.74) is 2.08. The van der Waals surface area contributed by atoms with E-state index in [9.17, 15) is 4.39 Å². The third-order valence-electron chi connectivity index (χ3n) is 3.23. The van der Waals surface area contributed by atoms with Crippen LogP contribution in [0.3, 0.4) is 0 Å². The Hall–Kier alpha value is -3.42. The number of benzene rings is 1. The molecule has 1 aromatic carbocycles. The van der Waals surface area contributed by atoms with E-state index in [2.05, 4.69) is 25.1 Å². The molecule has 0 saturated heterocycles. The van der Waals surface area contributed by atoms with Crippen LogP contribution in [0, 0.1) is 5.82 Å². The van der Waals surface area contributed by atoms with Crippen molar-refractivity contribution in [2.75, 3.05) is 0 Å². The molecule has 4 aromatic rings. The molecule has 0 spiro atoms. The quantitative estimate of drug-likeness (QED) is 0.579. The molecular formula is C15H10FN7. The van der Waals surface area contributed by atoms with Crippen molar-refractivity contribution < 1.29 is 4.39 Å². The summed E-state index contributed by atoms with van der Waals surface area (Å²) >= 11 is 0. The molecule has 23 heavy (non-hydrogen) atoms. The average molecular weight is 307 g/mol. The maximum absolute atomic E-state index is 13.0. The van der Waals surface area contributed by atoms with E-state index in [-0.39, 0.29) is 5.82 Å². The highest BCUT2D eigenvalue weighted by molar-refractivity contribution is 5.53. The van der Waals surface area contributed by atoms with Crippen molar-refractivity contribution in [3.8, 4) is 22.9 Å². The molecule has 0 aliphatic rings. The maximum atomic E-state index is 13.0. The van der Waals surface area contributed by atoms with Gasteiger partial charge in [0.25, 0.3) is 0 Å². The molecule has 0 amide bonds. The van der Waals surface area contributed by atoms with Crippen LogP contribution >= 0.6 is 0 Å². The Labute approximate surface area is 130 Å². The highest BCUT2D eigenvalue weighted by atomic mass is 19.1. The number of nitrogens with zero attached hydrogens (tertiary/aromatic N) is 7. The fourth-order valence-electron chi connectivity index (χ4n) is 2.10. The Bertz CT molecular complexity index is 911. The zero-order chi connectivity index (χ0) is 15.6. The number of hydrogen-bond acceptors (Lipinski definition) is 5. The Balaban J connectivity index is 1.62. The van der Waals surface area contributed by atoms with Gasteiger partial charge in [-0.05, 0) is 30.3 Å². The van der Waals surface area contributed by atoms with Gasteiger partial charge in [-0.15, -0.1) is 0 Å². The maximum Gasteiger partial charge on any atom is 0.173 e. The van der Waals surface area contributed by atoms with Crippen LogP contribution in [-0.4, -0.2) is 34.5 Å². The molecule has 0 bridgehead atoms. The molecule has 0 radical (unpaired) electrons. The lowest BCUT2D eigenvalue weighted by molar-refractivity contribution is 0.627. The number of rotatable bonds is 3. The second kappa shape index (κ2) is 5.41. The summed E-state index contributed by atoms with van der Waals surface area (Å²) in [5, 5.41) is 8.42. The van der Waals surface area contributed by atoms with Crippen LogP contribution in [0.15, 0.2) is 61.6 Å². The predicted molar refractivity (Wildman–Crippen MR) is 79.5 cm³/mol. The summed E-state index contributed by atoms with van der Waals surface area (Å²) in [4.78, 5) is 12.5. The van der Waals surface area contributed by atoms with Crippen molar-refractivity contribution in [3.63, 3.8) is 0 Å². The molecule has 0 fully saturated rings. The first-order valence-electron chi connectivity index (χ1n) is 6.79. The first kappa shape index (κ1) is 13.3. The van der Waals surface area contributed by atoms with E-state index < -0.39 is 0 Å². The second-order valence-electron chi connectivity index (χ2n) is 4.72. The molecule has 112 valence electrons. The minimum Gasteiger partial charge on any atom is -0.249 e. The van der Waals surface area contributed by atoms with Gasteiger partial charge in [-0.2, -0.15) is 10.2 Å². The second-order valence-corrected chi connectivity index (χ2v) is 4.72. The highest BCUT2D eigenvalue weighted by Gasteiger charge is 2.07. The Morgan fingerprint density at radius 2 is 1.74 bits per heavy atom. The van der Waals surface area contributed by atoms with Gasteiger partial charge in [-0.3, -0.25) is 0 Å². The van der Waals surface area contributed by atoms with Crippen LogP contribution in [0.25, 0.3) is 22.9 Å². The molecule has 0 unspecified atom stereocenters. The summed E-state index contributed by atoms with van der Waals surface area (Å²) in [6.45, 7) is 0. The van der Waals surface area contributed by atoms with E-state index in [1.807, 2.05) is 6.07 Å². The highest BCUT2D eigenvalue weighted by Crippen LogP contribution is 2.16. The third kappa shape index (κ3) is 2.57. The monoisotopic (exact) mass is 307 g/mol. The fraction of sp³-hybridized carbons (Fsp3) is 0. The first-order valence-corrected chi connectivity index (χ1v) is 6.79. The molecule has 8 heteroatoms. The van der Waals surface area contributed by atoms with Crippen molar-refractivity contribution in [1.29, 1.82) is 0 Å². The van der Waals surface area contributed by atoms with E-state index in [1.54, 1.807) is 41.7 Å². The lowest BCUT2D eigenvalue weighted by Crippen LogP contribution is -2.00. The summed E-state index contributed by atoms with van der Waals surface area (Å²) < 4.78 is 16.1. The molecule has 0 atom stereocenters. The summed E-state index contributed by atoms with van der Waals surface area (Å²) in [6.07, 6.45) is 7.98. The van der Waals surface area contributed by atoms with E-state index >= 15 is 0 Å². The molecule has 4 rings (SSSR count). The third-order valence-corrected chi connectivity index (χ3v) is 3.23. The van der Waals surface area contributed by atoms with Crippen LogP contribution in [0.5, 0.6) is 0 Å². The minimum atomic E-state index is -0.282. The van der Waals surface area contributed by atoms with Crippen LogP contribution < -0.4 is 0 Å². The Morgan fingerprint density at radius 1 is 0.870 bits per heavy atom. The van der Waals surface area contributed by atoms with Crippen molar-refractivity contribution in [2.45, 2.75) is 0 Å². The van der Waals surface area contributed by atoms with Crippen LogP contribution in [-0.2, 0) is 0 Å². The zero-order valence-corrected chi connectivity index (χ0v) is 11.8. The van der Waals surface area contributed by atoms with Crippen LogP contribution in [0.2, 0.25) is 0 Å². The first-order chi connectivity index (χ1) is 11.3. The van der Waals surface area contributed by atoms with E-state index in [0.717, 1.165) is 5.69 Å². The van der Waals surface area contributed by atoms with Gasteiger partial charge in [0.15, 0.2) is 5.82 Å². The van der Waals surface area contributed by atoms with Gasteiger partial charge in [0, 0.05) is 6.20 Å². The smallest absolute Gasteiger partial charge is 0.173 e. The lowest BCUT2D eigenvalue weighted by Gasteiger charge is -2.01. The van der Waals surface area contributed by atoms with Gasteiger partial charge < -0.3 is 0 Å². The van der Waals surface area contributed by atoms with Gasteiger partial charge in [-0.1, -0.05) is 0 Å². The normalized spacial score (nSPS) is 10.8. The number of hydrogen-bond donors (Lipinski definition) is 0. The molecule has 3 heterocycles. The number of halogens is 1. The van der Waals surface area contributed by atoms with E-state index in [0.29, 0.717) is 17.2 Å². The van der Waals surface area contributed by atoms with E-state index in [4.69, 9.17) is 0 Å². The summed E-state index contributed by atoms with van der Waals surface area (Å²) in [6, 6.07) is 7.92. The topological polar surface area (TPSA) is 74.3 Å². The van der Waals surface area contributed by atoms with Gasteiger partial charge >= 0.3 is 0 Å². The van der Waals surface area contributed by atoms with E-state index in [1.165, 1.54) is 23.1 Å². The number of aromatic nitrogens is 7. The van der Waals surface area contributed by atoms with Crippen LogP contribution in [0.4, 0.5) is 4.39 Å². The lowest BCUT2D eigenvalue weighted by atomic mass is 10.3. The van der Waals surface area contributed by atoms with Crippen molar-refractivity contribution in [2.24, 2.45) is 0 Å². The van der Waals surface area contributed by atoms with Gasteiger partial charge in [-0.25, -0.2) is 28.7 Å². The van der Waals surface area contributed by atoms with Gasteiger partial charge in [0.1, 0.15) is 29.9 Å². The average Bonchev–Trinajstić information content (AvgIpc) is 3.28. The summed E-state index contributed by atoms with van der Waals surface area (Å²) in [7, 11) is 0. The largest absolute Gasteiger partial charge is 0.249 e. The molecule has 3 aromatic heterocycles. The summed E-state index contributed by atoms with van der Waals surface area (Å²) in [5.74, 6) is 0.292. The molecule has 0 N–H and O–H groups in total. The molecule has 0 saturated carbocycles. The zero-order valence-electron chi connectivity index (χ0n) is 11.8. The minimum absolute atomic E-state index is 0.282. The van der Waals surface area contributed by atoms with Gasteiger partial charge in [0.05, 0.1) is 18.1 Å². The molecule has 7 nitrogen and oxygen atoms in total. The SMILES string of the molecule is Fc1ccc(-n2ccc(-c3cnc(-n4cncn4)cn3)n2)cc1. The van der Waals surface area contributed by atoms with Crippen molar-refractivity contribution >= 4 is 0 Å².